The molecule has 1 aromatic carbocycles. The molecule has 5 nitrogen and oxygen atoms in total. The Morgan fingerprint density at radius 1 is 1.16 bits per heavy atom. The fourth-order valence-electron chi connectivity index (χ4n) is 3.81. The molecule has 1 aliphatic carbocycles. The Balaban J connectivity index is 1.67. The number of hydrogen-bond donors (Lipinski definition) is 0. The van der Waals surface area contributed by atoms with Crippen LogP contribution in [0.25, 0.3) is 0 Å². The molecule has 3 unspecified atom stereocenters. The van der Waals surface area contributed by atoms with E-state index in [1.165, 1.54) is 17.0 Å². The number of carbonyl (C=O) groups is 3. The Kier molecular flexibility index (Phi) is 4.88. The topological polar surface area (TPSA) is 57.7 Å². The van der Waals surface area contributed by atoms with Crippen molar-refractivity contribution in [2.24, 2.45) is 11.8 Å². The molecule has 0 bridgehead atoms. The molecule has 6 heteroatoms. The first-order chi connectivity index (χ1) is 11.9. The summed E-state index contributed by atoms with van der Waals surface area (Å²) in [6, 6.07) is 5.68. The van der Waals surface area contributed by atoms with Gasteiger partial charge >= 0.3 is 0 Å². The van der Waals surface area contributed by atoms with Crippen LogP contribution in [0.3, 0.4) is 0 Å². The molecule has 25 heavy (non-hydrogen) atoms. The maximum absolute atomic E-state index is 13.0. The predicted molar refractivity (Wildman–Crippen MR) is 89.8 cm³/mol. The fraction of sp³-hybridized carbons (Fsp3) is 0.526. The Morgan fingerprint density at radius 3 is 2.20 bits per heavy atom. The second-order valence-electron chi connectivity index (χ2n) is 6.99. The molecule has 2 fully saturated rings. The Morgan fingerprint density at radius 2 is 1.68 bits per heavy atom. The number of hydrogen-bond acceptors (Lipinski definition) is 3. The van der Waals surface area contributed by atoms with Crippen LogP contribution in [0.4, 0.5) is 4.39 Å². The monoisotopic (exact) mass is 346 g/mol. The Labute approximate surface area is 146 Å². The van der Waals surface area contributed by atoms with E-state index in [0.29, 0.717) is 0 Å². The summed E-state index contributed by atoms with van der Waals surface area (Å²) in [5, 5.41) is 0. The molecule has 3 atom stereocenters. The zero-order valence-electron chi connectivity index (χ0n) is 14.6. The largest absolute Gasteiger partial charge is 0.337 e. The number of imide groups is 1. The molecule has 1 aliphatic heterocycles. The number of fused-ring (bicyclic) bond motifs is 1. The molecule has 2 aliphatic rings. The highest BCUT2D eigenvalue weighted by Gasteiger charge is 2.48. The van der Waals surface area contributed by atoms with Gasteiger partial charge in [0.05, 0.1) is 17.9 Å². The van der Waals surface area contributed by atoms with Crippen molar-refractivity contribution < 1.29 is 18.8 Å². The van der Waals surface area contributed by atoms with Crippen LogP contribution in [-0.2, 0) is 14.4 Å². The first kappa shape index (κ1) is 17.6. The summed E-state index contributed by atoms with van der Waals surface area (Å²) < 4.78 is 13.0. The highest BCUT2D eigenvalue weighted by Crippen LogP contribution is 2.38. The number of nitrogens with zero attached hydrogens (tertiary/aromatic N) is 2. The third-order valence-electron chi connectivity index (χ3n) is 5.55. The van der Waals surface area contributed by atoms with Crippen molar-refractivity contribution >= 4 is 17.7 Å². The van der Waals surface area contributed by atoms with Crippen LogP contribution in [0.5, 0.6) is 0 Å². The second-order valence-corrected chi connectivity index (χ2v) is 6.99. The van der Waals surface area contributed by atoms with E-state index in [-0.39, 0.29) is 48.0 Å². The van der Waals surface area contributed by atoms with E-state index in [1.807, 2.05) is 6.92 Å². The van der Waals surface area contributed by atoms with Crippen LogP contribution in [0.15, 0.2) is 24.3 Å². The number of benzene rings is 1. The van der Waals surface area contributed by atoms with Crippen molar-refractivity contribution in [1.82, 2.24) is 9.80 Å². The molecule has 1 heterocycles. The lowest BCUT2D eigenvalue weighted by molar-refractivity contribution is -0.146. The minimum Gasteiger partial charge on any atom is -0.337 e. The highest BCUT2D eigenvalue weighted by atomic mass is 19.1. The summed E-state index contributed by atoms with van der Waals surface area (Å²) in [5.41, 5.74) is 0.796. The summed E-state index contributed by atoms with van der Waals surface area (Å²) >= 11 is 0. The van der Waals surface area contributed by atoms with E-state index < -0.39 is 0 Å². The van der Waals surface area contributed by atoms with Gasteiger partial charge in [-0.05, 0) is 37.5 Å². The molecule has 3 rings (SSSR count). The van der Waals surface area contributed by atoms with Gasteiger partial charge in [-0.25, -0.2) is 4.39 Å². The van der Waals surface area contributed by atoms with Gasteiger partial charge in [0.2, 0.25) is 17.7 Å². The molecule has 0 N–H and O–H groups in total. The summed E-state index contributed by atoms with van der Waals surface area (Å²) in [4.78, 5) is 40.2. The predicted octanol–water partition coefficient (Wildman–Crippen LogP) is 2.52. The van der Waals surface area contributed by atoms with E-state index in [4.69, 9.17) is 0 Å². The van der Waals surface area contributed by atoms with Gasteiger partial charge in [-0.1, -0.05) is 25.0 Å². The molecule has 1 saturated heterocycles. The van der Waals surface area contributed by atoms with Crippen molar-refractivity contribution in [2.75, 3.05) is 13.6 Å². The highest BCUT2D eigenvalue weighted by molar-refractivity contribution is 6.07. The van der Waals surface area contributed by atoms with Gasteiger partial charge in [-0.15, -0.1) is 0 Å². The lowest BCUT2D eigenvalue weighted by atomic mass is 9.81. The third-order valence-corrected chi connectivity index (χ3v) is 5.55. The second kappa shape index (κ2) is 6.94. The summed E-state index contributed by atoms with van der Waals surface area (Å²) in [6.45, 7) is 1.62. The fourth-order valence-corrected chi connectivity index (χ4v) is 3.81. The smallest absolute Gasteiger partial charge is 0.242 e. The van der Waals surface area contributed by atoms with Crippen LogP contribution in [0.1, 0.15) is 44.2 Å². The van der Waals surface area contributed by atoms with Gasteiger partial charge in [0.1, 0.15) is 12.4 Å². The third kappa shape index (κ3) is 3.30. The normalized spacial score (nSPS) is 24.2. The van der Waals surface area contributed by atoms with Crippen LogP contribution < -0.4 is 0 Å². The molecule has 0 radical (unpaired) electrons. The Hall–Kier alpha value is -2.24. The van der Waals surface area contributed by atoms with Crippen molar-refractivity contribution in [1.29, 1.82) is 0 Å². The van der Waals surface area contributed by atoms with Gasteiger partial charge in [0, 0.05) is 7.05 Å². The van der Waals surface area contributed by atoms with Gasteiger partial charge in [0.15, 0.2) is 0 Å². The number of amides is 3. The number of carbonyl (C=O) groups excluding carboxylic acids is 3. The molecular weight excluding hydrogens is 323 g/mol. The molecule has 134 valence electrons. The van der Waals surface area contributed by atoms with E-state index in [2.05, 4.69) is 0 Å². The summed E-state index contributed by atoms with van der Waals surface area (Å²) in [6.07, 6.45) is 3.40. The lowest BCUT2D eigenvalue weighted by Crippen LogP contribution is -2.42. The van der Waals surface area contributed by atoms with Gasteiger partial charge < -0.3 is 4.90 Å². The molecular formula is C19H23FN2O3. The average molecular weight is 346 g/mol. The maximum atomic E-state index is 13.0. The van der Waals surface area contributed by atoms with E-state index in [9.17, 15) is 18.8 Å². The zero-order chi connectivity index (χ0) is 18.1. The van der Waals surface area contributed by atoms with E-state index in [0.717, 1.165) is 36.1 Å². The van der Waals surface area contributed by atoms with Crippen molar-refractivity contribution in [2.45, 2.75) is 38.6 Å². The van der Waals surface area contributed by atoms with Gasteiger partial charge in [0.25, 0.3) is 0 Å². The van der Waals surface area contributed by atoms with Gasteiger partial charge in [-0.3, -0.25) is 19.3 Å². The molecule has 3 amide bonds. The van der Waals surface area contributed by atoms with Crippen LogP contribution in [0.2, 0.25) is 0 Å². The van der Waals surface area contributed by atoms with Crippen LogP contribution in [-0.4, -0.2) is 41.1 Å². The van der Waals surface area contributed by atoms with Crippen LogP contribution >= 0.6 is 0 Å². The molecule has 1 saturated carbocycles. The Bertz CT molecular complexity index is 664. The molecule has 0 aromatic heterocycles. The first-order valence-electron chi connectivity index (χ1n) is 8.76. The van der Waals surface area contributed by atoms with Crippen molar-refractivity contribution in [3.8, 4) is 0 Å². The SMILES string of the molecule is CC(c1ccc(F)cc1)N(C)C(=O)CN1C(=O)C2CCCCC2C1=O. The van der Waals surface area contributed by atoms with E-state index >= 15 is 0 Å². The zero-order valence-corrected chi connectivity index (χ0v) is 14.6. The first-order valence-corrected chi connectivity index (χ1v) is 8.76. The number of likely N-dealkylation sites (tertiary alicyclic amines) is 1. The molecule has 0 spiro atoms. The summed E-state index contributed by atoms with van der Waals surface area (Å²) in [5.74, 6) is -1.52. The van der Waals surface area contributed by atoms with Crippen molar-refractivity contribution in [3.05, 3.63) is 35.6 Å². The molecule has 1 aromatic rings. The number of rotatable bonds is 4. The van der Waals surface area contributed by atoms with E-state index in [1.54, 1.807) is 19.2 Å². The maximum Gasteiger partial charge on any atom is 0.242 e. The standard InChI is InChI=1S/C19H23FN2O3/c1-12(13-7-9-14(20)10-8-13)21(2)17(23)11-22-18(24)15-5-3-4-6-16(15)19(22)25/h7-10,12,15-16H,3-6,11H2,1-2H3. The summed E-state index contributed by atoms with van der Waals surface area (Å²) in [7, 11) is 1.63. The number of likely N-dealkylation sites (N-methyl/N-ethyl adjacent to an activating group) is 1. The van der Waals surface area contributed by atoms with Crippen molar-refractivity contribution in [3.63, 3.8) is 0 Å². The lowest BCUT2D eigenvalue weighted by Gasteiger charge is -2.27. The average Bonchev–Trinajstić information content (AvgIpc) is 2.86. The minimum absolute atomic E-state index is 0.203. The minimum atomic E-state index is -0.333. The van der Waals surface area contributed by atoms with Crippen LogP contribution in [0, 0.1) is 17.7 Å². The quantitative estimate of drug-likeness (QED) is 0.787. The number of halogens is 1. The van der Waals surface area contributed by atoms with Gasteiger partial charge in [-0.2, -0.15) is 0 Å².